The molecule has 0 radical (unpaired) electrons. The van der Waals surface area contributed by atoms with Gasteiger partial charge >= 0.3 is 0 Å². The zero-order chi connectivity index (χ0) is 23.3. The van der Waals surface area contributed by atoms with Crippen molar-refractivity contribution in [2.75, 3.05) is 26.6 Å². The second-order valence-electron chi connectivity index (χ2n) is 6.73. The lowest BCUT2D eigenvalue weighted by Gasteiger charge is -2.15. The standard InChI is InChI=1S/C21H25N5O4S2/c1-6-11-26-19(24-25-21(26)31)18-12(2)22-20(32-18)23-15(27)10-8-13-7-9-14(28-3)17(30-5)16(13)29-4/h6-7,9H,1,8,10-11H2,2-5H3,(H,25,31)(H,22,23,27). The second kappa shape index (κ2) is 10.4. The number of carbonyl (C=O) groups is 1. The highest BCUT2D eigenvalue weighted by molar-refractivity contribution is 7.71. The molecule has 1 amide bonds. The van der Waals surface area contributed by atoms with Crippen molar-refractivity contribution in [3.8, 4) is 28.0 Å². The molecule has 32 heavy (non-hydrogen) atoms. The van der Waals surface area contributed by atoms with Crippen molar-refractivity contribution in [2.45, 2.75) is 26.3 Å². The summed E-state index contributed by atoms with van der Waals surface area (Å²) in [6.45, 7) is 6.15. The summed E-state index contributed by atoms with van der Waals surface area (Å²) in [6, 6.07) is 3.66. The van der Waals surface area contributed by atoms with E-state index in [1.807, 2.05) is 17.6 Å². The fourth-order valence-electron chi connectivity index (χ4n) is 3.24. The molecule has 0 bridgehead atoms. The number of anilines is 1. The molecule has 0 spiro atoms. The molecule has 11 heteroatoms. The first-order valence-electron chi connectivity index (χ1n) is 9.75. The Bertz CT molecular complexity index is 1180. The van der Waals surface area contributed by atoms with E-state index in [4.69, 9.17) is 26.4 Å². The van der Waals surface area contributed by atoms with Gasteiger partial charge in [-0.1, -0.05) is 23.5 Å². The Labute approximate surface area is 195 Å². The molecule has 9 nitrogen and oxygen atoms in total. The molecule has 1 aromatic carbocycles. The highest BCUT2D eigenvalue weighted by Crippen LogP contribution is 2.40. The lowest BCUT2D eigenvalue weighted by molar-refractivity contribution is -0.116. The number of benzene rings is 1. The Hall–Kier alpha value is -3.18. The van der Waals surface area contributed by atoms with Crippen molar-refractivity contribution >= 4 is 34.6 Å². The van der Waals surface area contributed by atoms with Gasteiger partial charge in [0.25, 0.3) is 0 Å². The Balaban J connectivity index is 1.73. The fourth-order valence-corrected chi connectivity index (χ4v) is 4.42. The minimum atomic E-state index is -0.160. The van der Waals surface area contributed by atoms with Crippen molar-refractivity contribution in [1.82, 2.24) is 19.7 Å². The highest BCUT2D eigenvalue weighted by Gasteiger charge is 2.19. The van der Waals surface area contributed by atoms with E-state index in [0.717, 1.165) is 16.1 Å². The van der Waals surface area contributed by atoms with Gasteiger partial charge in [0.1, 0.15) is 0 Å². The number of allylic oxidation sites excluding steroid dienone is 1. The van der Waals surface area contributed by atoms with Gasteiger partial charge < -0.3 is 19.5 Å². The second-order valence-corrected chi connectivity index (χ2v) is 8.11. The number of methoxy groups -OCH3 is 3. The van der Waals surface area contributed by atoms with Crippen LogP contribution in [-0.2, 0) is 17.8 Å². The van der Waals surface area contributed by atoms with Gasteiger partial charge in [0.15, 0.2) is 27.2 Å². The number of nitrogens with one attached hydrogen (secondary N) is 2. The summed E-state index contributed by atoms with van der Waals surface area (Å²) >= 11 is 6.62. The molecule has 3 aromatic rings. The van der Waals surface area contributed by atoms with E-state index in [-0.39, 0.29) is 12.3 Å². The number of aryl methyl sites for hydroxylation is 2. The molecule has 0 aliphatic carbocycles. The molecule has 2 heterocycles. The largest absolute Gasteiger partial charge is 0.493 e. The number of hydrogen-bond donors (Lipinski definition) is 2. The van der Waals surface area contributed by atoms with Gasteiger partial charge in [0.05, 0.1) is 31.9 Å². The van der Waals surface area contributed by atoms with Crippen molar-refractivity contribution in [3.05, 3.63) is 40.8 Å². The molecule has 0 aliphatic heterocycles. The fraction of sp³-hybridized carbons (Fsp3) is 0.333. The summed E-state index contributed by atoms with van der Waals surface area (Å²) < 4.78 is 18.5. The van der Waals surface area contributed by atoms with E-state index in [2.05, 4.69) is 27.1 Å². The molecule has 0 atom stereocenters. The molecular weight excluding hydrogens is 450 g/mol. The number of aromatic amines is 1. The summed E-state index contributed by atoms with van der Waals surface area (Å²) in [7, 11) is 4.67. The minimum absolute atomic E-state index is 0.160. The first-order valence-corrected chi connectivity index (χ1v) is 11.0. The van der Waals surface area contributed by atoms with Crippen LogP contribution in [0.4, 0.5) is 5.13 Å². The maximum atomic E-state index is 12.6. The number of amides is 1. The molecule has 0 fully saturated rings. The van der Waals surface area contributed by atoms with Crippen molar-refractivity contribution < 1.29 is 19.0 Å². The number of H-pyrrole nitrogens is 1. The number of thiazole rings is 1. The van der Waals surface area contributed by atoms with Crippen LogP contribution in [0.3, 0.4) is 0 Å². The van der Waals surface area contributed by atoms with E-state index < -0.39 is 0 Å². The van der Waals surface area contributed by atoms with Crippen LogP contribution < -0.4 is 19.5 Å². The van der Waals surface area contributed by atoms with Gasteiger partial charge in [-0.2, -0.15) is 5.10 Å². The van der Waals surface area contributed by atoms with Crippen LogP contribution in [0.1, 0.15) is 17.7 Å². The monoisotopic (exact) mass is 475 g/mol. The Morgan fingerprint density at radius 2 is 2.03 bits per heavy atom. The van der Waals surface area contributed by atoms with Gasteiger partial charge in [-0.15, -0.1) is 6.58 Å². The third-order valence-electron chi connectivity index (χ3n) is 4.72. The number of nitrogens with zero attached hydrogens (tertiary/aromatic N) is 3. The predicted molar refractivity (Wildman–Crippen MR) is 127 cm³/mol. The van der Waals surface area contributed by atoms with E-state index in [1.165, 1.54) is 11.3 Å². The molecule has 2 aromatic heterocycles. The normalized spacial score (nSPS) is 10.6. The van der Waals surface area contributed by atoms with E-state index >= 15 is 0 Å². The molecule has 2 N–H and O–H groups in total. The van der Waals surface area contributed by atoms with E-state index in [9.17, 15) is 4.79 Å². The van der Waals surface area contributed by atoms with Crippen LogP contribution in [0.2, 0.25) is 0 Å². The number of aromatic nitrogens is 4. The summed E-state index contributed by atoms with van der Waals surface area (Å²) in [5.41, 5.74) is 1.60. The summed E-state index contributed by atoms with van der Waals surface area (Å²) in [4.78, 5) is 17.9. The van der Waals surface area contributed by atoms with Crippen molar-refractivity contribution in [2.24, 2.45) is 0 Å². The van der Waals surface area contributed by atoms with Crippen LogP contribution in [0.15, 0.2) is 24.8 Å². The van der Waals surface area contributed by atoms with Gasteiger partial charge in [0.2, 0.25) is 11.7 Å². The van der Waals surface area contributed by atoms with E-state index in [0.29, 0.717) is 45.9 Å². The zero-order valence-electron chi connectivity index (χ0n) is 18.4. The van der Waals surface area contributed by atoms with Gasteiger partial charge in [-0.25, -0.2) is 4.98 Å². The average Bonchev–Trinajstić information content (AvgIpc) is 3.33. The Morgan fingerprint density at radius 1 is 1.28 bits per heavy atom. The molecule has 170 valence electrons. The maximum absolute atomic E-state index is 12.6. The predicted octanol–water partition coefficient (Wildman–Crippen LogP) is 4.16. The number of carbonyl (C=O) groups excluding carboxylic acids is 1. The van der Waals surface area contributed by atoms with Crippen LogP contribution in [0.25, 0.3) is 10.7 Å². The van der Waals surface area contributed by atoms with Gasteiger partial charge in [0, 0.05) is 13.0 Å². The van der Waals surface area contributed by atoms with Crippen LogP contribution in [-0.4, -0.2) is 47.0 Å². The third-order valence-corrected chi connectivity index (χ3v) is 6.10. The molecular formula is C21H25N5O4S2. The zero-order valence-corrected chi connectivity index (χ0v) is 20.0. The van der Waals surface area contributed by atoms with Crippen molar-refractivity contribution in [3.63, 3.8) is 0 Å². The average molecular weight is 476 g/mol. The number of rotatable bonds is 10. The van der Waals surface area contributed by atoms with Crippen LogP contribution >= 0.6 is 23.6 Å². The van der Waals surface area contributed by atoms with Gasteiger partial charge in [-0.05, 0) is 37.2 Å². The lowest BCUT2D eigenvalue weighted by atomic mass is 10.1. The lowest BCUT2D eigenvalue weighted by Crippen LogP contribution is -2.12. The number of hydrogen-bond acceptors (Lipinski definition) is 8. The molecule has 3 rings (SSSR count). The molecule has 0 saturated heterocycles. The number of ether oxygens (including phenoxy) is 3. The quantitative estimate of drug-likeness (QED) is 0.335. The van der Waals surface area contributed by atoms with Crippen LogP contribution in [0.5, 0.6) is 17.2 Å². The summed E-state index contributed by atoms with van der Waals surface area (Å²) in [5, 5.41) is 10.5. The first kappa shape index (κ1) is 23.5. The maximum Gasteiger partial charge on any atom is 0.226 e. The van der Waals surface area contributed by atoms with Crippen molar-refractivity contribution in [1.29, 1.82) is 0 Å². The first-order chi connectivity index (χ1) is 15.4. The SMILES string of the molecule is C=CCn1c(-c2sc(NC(=O)CCc3ccc(OC)c(OC)c3OC)nc2C)n[nH]c1=S. The topological polar surface area (TPSA) is 103 Å². The molecule has 0 saturated carbocycles. The highest BCUT2D eigenvalue weighted by atomic mass is 32.1. The Morgan fingerprint density at radius 3 is 2.69 bits per heavy atom. The Kier molecular flexibility index (Phi) is 7.65. The molecule has 0 aliphatic rings. The minimum Gasteiger partial charge on any atom is -0.493 e. The van der Waals surface area contributed by atoms with E-state index in [1.54, 1.807) is 33.5 Å². The molecule has 0 unspecified atom stereocenters. The summed E-state index contributed by atoms with van der Waals surface area (Å²) in [5.74, 6) is 2.13. The van der Waals surface area contributed by atoms with Crippen LogP contribution in [0, 0.1) is 11.7 Å². The summed E-state index contributed by atoms with van der Waals surface area (Å²) in [6.07, 6.45) is 2.45. The van der Waals surface area contributed by atoms with Gasteiger partial charge in [-0.3, -0.25) is 14.5 Å². The third kappa shape index (κ3) is 4.83. The smallest absolute Gasteiger partial charge is 0.226 e.